The standard InChI is InChI=1S/C10H24N4O2S2.HI/c1-4-18(15,16)14-7-5-6-12-10(11-2)13-8-9-17-3;/h14H,4-9H2,1-3H3,(H2,11,12,13);1H. The van der Waals surface area contributed by atoms with Gasteiger partial charge in [-0.3, -0.25) is 4.99 Å². The van der Waals surface area contributed by atoms with Crippen LogP contribution >= 0.6 is 35.7 Å². The van der Waals surface area contributed by atoms with Crippen LogP contribution in [0.15, 0.2) is 4.99 Å². The molecule has 19 heavy (non-hydrogen) atoms. The maximum absolute atomic E-state index is 11.2. The summed E-state index contributed by atoms with van der Waals surface area (Å²) in [5, 5.41) is 6.30. The van der Waals surface area contributed by atoms with Crippen molar-refractivity contribution in [1.29, 1.82) is 0 Å². The van der Waals surface area contributed by atoms with E-state index in [-0.39, 0.29) is 29.7 Å². The minimum absolute atomic E-state index is 0. The smallest absolute Gasteiger partial charge is 0.211 e. The number of halogens is 1. The minimum Gasteiger partial charge on any atom is -0.356 e. The van der Waals surface area contributed by atoms with E-state index in [0.717, 1.165) is 24.7 Å². The molecule has 0 heterocycles. The first-order chi connectivity index (χ1) is 8.55. The molecule has 9 heteroatoms. The van der Waals surface area contributed by atoms with E-state index in [9.17, 15) is 8.42 Å². The molecule has 0 rings (SSSR count). The van der Waals surface area contributed by atoms with Crippen LogP contribution in [0.5, 0.6) is 0 Å². The molecule has 0 bridgehead atoms. The summed E-state index contributed by atoms with van der Waals surface area (Å²) >= 11 is 1.77. The molecule has 0 unspecified atom stereocenters. The van der Waals surface area contributed by atoms with Crippen molar-refractivity contribution in [2.45, 2.75) is 13.3 Å². The van der Waals surface area contributed by atoms with Gasteiger partial charge in [0.25, 0.3) is 0 Å². The Morgan fingerprint density at radius 1 is 1.21 bits per heavy atom. The lowest BCUT2D eigenvalue weighted by Crippen LogP contribution is -2.39. The van der Waals surface area contributed by atoms with Crippen LogP contribution in [0.1, 0.15) is 13.3 Å². The molecule has 0 aromatic carbocycles. The highest BCUT2D eigenvalue weighted by Crippen LogP contribution is 1.87. The molecule has 0 aromatic rings. The molecule has 0 radical (unpaired) electrons. The Labute approximate surface area is 138 Å². The van der Waals surface area contributed by atoms with Gasteiger partial charge < -0.3 is 10.6 Å². The molecule has 0 aliphatic heterocycles. The number of hydrogen-bond donors (Lipinski definition) is 3. The normalized spacial score (nSPS) is 11.8. The monoisotopic (exact) mass is 424 g/mol. The SMILES string of the molecule is CCS(=O)(=O)NCCCNC(=NC)NCCSC.I. The average Bonchev–Trinajstić information content (AvgIpc) is 2.36. The van der Waals surface area contributed by atoms with Gasteiger partial charge in [0.1, 0.15) is 0 Å². The summed E-state index contributed by atoms with van der Waals surface area (Å²) in [6.07, 6.45) is 2.78. The molecular formula is C10H25IN4O2S2. The van der Waals surface area contributed by atoms with Gasteiger partial charge in [-0.05, 0) is 19.6 Å². The van der Waals surface area contributed by atoms with Crippen LogP contribution in [0.4, 0.5) is 0 Å². The summed E-state index contributed by atoms with van der Waals surface area (Å²) in [6, 6.07) is 0. The lowest BCUT2D eigenvalue weighted by atomic mass is 10.4. The van der Waals surface area contributed by atoms with E-state index in [2.05, 4.69) is 26.6 Å². The third-order valence-corrected chi connectivity index (χ3v) is 4.19. The van der Waals surface area contributed by atoms with Crippen LogP contribution in [0.25, 0.3) is 0 Å². The zero-order valence-electron chi connectivity index (χ0n) is 11.7. The van der Waals surface area contributed by atoms with Gasteiger partial charge in [-0.1, -0.05) is 0 Å². The third kappa shape index (κ3) is 13.0. The molecule has 0 aliphatic carbocycles. The van der Waals surface area contributed by atoms with Gasteiger partial charge in [0, 0.05) is 32.4 Å². The van der Waals surface area contributed by atoms with Gasteiger partial charge in [-0.25, -0.2) is 13.1 Å². The van der Waals surface area contributed by atoms with Crippen molar-refractivity contribution in [2.75, 3.05) is 44.4 Å². The number of thioether (sulfide) groups is 1. The van der Waals surface area contributed by atoms with Gasteiger partial charge in [0.2, 0.25) is 10.0 Å². The fraction of sp³-hybridized carbons (Fsp3) is 0.900. The first kappa shape index (κ1) is 21.6. The lowest BCUT2D eigenvalue weighted by Gasteiger charge is -2.11. The topological polar surface area (TPSA) is 82.6 Å². The first-order valence-corrected chi connectivity index (χ1v) is 9.01. The van der Waals surface area contributed by atoms with E-state index in [1.54, 1.807) is 25.7 Å². The minimum atomic E-state index is -3.07. The number of nitrogens with one attached hydrogen (secondary N) is 3. The van der Waals surface area contributed by atoms with Crippen molar-refractivity contribution in [2.24, 2.45) is 4.99 Å². The molecule has 0 aliphatic rings. The molecule has 0 saturated heterocycles. The molecule has 0 amide bonds. The second-order valence-corrected chi connectivity index (χ2v) is 6.65. The maximum Gasteiger partial charge on any atom is 0.211 e. The highest BCUT2D eigenvalue weighted by atomic mass is 127. The van der Waals surface area contributed by atoms with E-state index >= 15 is 0 Å². The molecular weight excluding hydrogens is 399 g/mol. The molecule has 0 fully saturated rings. The highest BCUT2D eigenvalue weighted by molar-refractivity contribution is 14.0. The quantitative estimate of drug-likeness (QED) is 0.217. The van der Waals surface area contributed by atoms with Gasteiger partial charge in [-0.2, -0.15) is 11.8 Å². The number of sulfonamides is 1. The Hall–Kier alpha value is 0.260. The summed E-state index contributed by atoms with van der Waals surface area (Å²) in [5.74, 6) is 1.90. The van der Waals surface area contributed by atoms with Crippen LogP contribution in [0.2, 0.25) is 0 Å². The number of nitrogens with zero attached hydrogens (tertiary/aromatic N) is 1. The molecule has 3 N–H and O–H groups in total. The van der Waals surface area contributed by atoms with Crippen molar-refractivity contribution in [3.8, 4) is 0 Å². The van der Waals surface area contributed by atoms with Crippen LogP contribution in [-0.2, 0) is 10.0 Å². The first-order valence-electron chi connectivity index (χ1n) is 5.96. The molecule has 0 saturated carbocycles. The van der Waals surface area contributed by atoms with Gasteiger partial charge in [0.15, 0.2) is 5.96 Å². The summed E-state index contributed by atoms with van der Waals surface area (Å²) < 4.78 is 24.8. The van der Waals surface area contributed by atoms with E-state index < -0.39 is 10.0 Å². The zero-order chi connectivity index (χ0) is 13.9. The number of hydrogen-bond acceptors (Lipinski definition) is 4. The zero-order valence-corrected chi connectivity index (χ0v) is 15.7. The summed E-state index contributed by atoms with van der Waals surface area (Å²) in [5.41, 5.74) is 0. The van der Waals surface area contributed by atoms with Gasteiger partial charge in [0.05, 0.1) is 5.75 Å². The maximum atomic E-state index is 11.2. The fourth-order valence-corrected chi connectivity index (χ4v) is 2.08. The largest absolute Gasteiger partial charge is 0.356 e. The van der Waals surface area contributed by atoms with Crippen LogP contribution in [-0.4, -0.2) is 58.8 Å². The molecule has 116 valence electrons. The Bertz CT molecular complexity index is 336. The van der Waals surface area contributed by atoms with Crippen molar-refractivity contribution in [1.82, 2.24) is 15.4 Å². The molecule has 0 atom stereocenters. The second kappa shape index (κ2) is 13.3. The predicted molar refractivity (Wildman–Crippen MR) is 95.2 cm³/mol. The Morgan fingerprint density at radius 3 is 2.37 bits per heavy atom. The van der Waals surface area contributed by atoms with Crippen molar-refractivity contribution in [3.05, 3.63) is 0 Å². The Kier molecular flexibility index (Phi) is 15.0. The predicted octanol–water partition coefficient (Wildman–Crippen LogP) is 0.462. The van der Waals surface area contributed by atoms with Crippen molar-refractivity contribution >= 4 is 51.7 Å². The van der Waals surface area contributed by atoms with Crippen LogP contribution in [0.3, 0.4) is 0 Å². The van der Waals surface area contributed by atoms with E-state index in [4.69, 9.17) is 0 Å². The van der Waals surface area contributed by atoms with Crippen molar-refractivity contribution < 1.29 is 8.42 Å². The van der Waals surface area contributed by atoms with E-state index in [0.29, 0.717) is 13.1 Å². The van der Waals surface area contributed by atoms with E-state index in [1.807, 2.05) is 0 Å². The summed E-state index contributed by atoms with van der Waals surface area (Å²) in [6.45, 7) is 3.62. The Balaban J connectivity index is 0. The van der Waals surface area contributed by atoms with Gasteiger partial charge in [-0.15, -0.1) is 24.0 Å². The lowest BCUT2D eigenvalue weighted by molar-refractivity contribution is 0.579. The van der Waals surface area contributed by atoms with E-state index in [1.165, 1.54) is 0 Å². The molecule has 6 nitrogen and oxygen atoms in total. The molecule has 0 spiro atoms. The average molecular weight is 424 g/mol. The fourth-order valence-electron chi connectivity index (χ4n) is 1.12. The van der Waals surface area contributed by atoms with Crippen molar-refractivity contribution in [3.63, 3.8) is 0 Å². The third-order valence-electron chi connectivity index (χ3n) is 2.17. The molecule has 0 aromatic heterocycles. The number of aliphatic imine (C=N–C) groups is 1. The van der Waals surface area contributed by atoms with Gasteiger partial charge >= 0.3 is 0 Å². The van der Waals surface area contributed by atoms with Crippen LogP contribution in [0, 0.1) is 0 Å². The van der Waals surface area contributed by atoms with Crippen LogP contribution < -0.4 is 15.4 Å². The summed E-state index contributed by atoms with van der Waals surface area (Å²) in [7, 11) is -1.35. The highest BCUT2D eigenvalue weighted by Gasteiger charge is 2.04. The number of guanidine groups is 1. The Morgan fingerprint density at radius 2 is 1.84 bits per heavy atom. The number of rotatable bonds is 9. The second-order valence-electron chi connectivity index (χ2n) is 3.57. The summed E-state index contributed by atoms with van der Waals surface area (Å²) in [4.78, 5) is 4.07.